The molecule has 2 nitrogen and oxygen atoms in total. The van der Waals surface area contributed by atoms with E-state index in [0.29, 0.717) is 17.9 Å². The van der Waals surface area contributed by atoms with Crippen molar-refractivity contribution < 1.29 is 9.90 Å². The second-order valence-corrected chi connectivity index (χ2v) is 6.01. The molecular weight excluding hydrogens is 212 g/mol. The van der Waals surface area contributed by atoms with E-state index in [1.807, 2.05) is 0 Å². The summed E-state index contributed by atoms with van der Waals surface area (Å²) in [6.45, 7) is 8.61. The van der Waals surface area contributed by atoms with Crippen LogP contribution in [0.1, 0.15) is 50.9 Å². The van der Waals surface area contributed by atoms with Crippen molar-refractivity contribution >= 4 is 5.78 Å². The zero-order valence-corrected chi connectivity index (χ0v) is 11.2. The van der Waals surface area contributed by atoms with Gasteiger partial charge >= 0.3 is 0 Å². The van der Waals surface area contributed by atoms with Crippen LogP contribution in [0.25, 0.3) is 0 Å². The van der Waals surface area contributed by atoms with E-state index in [-0.39, 0.29) is 16.9 Å². The van der Waals surface area contributed by atoms with E-state index in [4.69, 9.17) is 0 Å². The van der Waals surface area contributed by atoms with Gasteiger partial charge in [-0.05, 0) is 29.9 Å². The zero-order valence-electron chi connectivity index (χ0n) is 11.2. The molecule has 1 N–H and O–H groups in total. The Balaban J connectivity index is 2.64. The first-order valence-electron chi connectivity index (χ1n) is 6.11. The largest absolute Gasteiger partial charge is 0.507 e. The molecule has 0 spiro atoms. The average molecular weight is 234 g/mol. The number of phenols is 1. The number of carbonyl (C=O) groups excluding carboxylic acids is 1. The van der Waals surface area contributed by atoms with Crippen LogP contribution >= 0.6 is 0 Å². The van der Waals surface area contributed by atoms with Crippen LogP contribution in [0.3, 0.4) is 0 Å². The third-order valence-electron chi connectivity index (χ3n) is 2.70. The first-order valence-corrected chi connectivity index (χ1v) is 6.11. The second kappa shape index (κ2) is 5.35. The number of Topliss-reactive ketones (excluding diaryl/α,β-unsaturated/α-hetero) is 1. The molecule has 94 valence electrons. The predicted molar refractivity (Wildman–Crippen MR) is 70.3 cm³/mol. The first kappa shape index (κ1) is 13.8. The highest BCUT2D eigenvalue weighted by atomic mass is 16.3. The summed E-state index contributed by atoms with van der Waals surface area (Å²) in [5, 5.41) is 9.61. The van der Waals surface area contributed by atoms with Crippen LogP contribution in [0.4, 0.5) is 0 Å². The number of benzene rings is 1. The molecule has 2 heteroatoms. The fraction of sp³-hybridized carbons (Fsp3) is 0.533. The molecule has 0 amide bonds. The number of aromatic hydroxyl groups is 1. The molecule has 0 bridgehead atoms. The maximum atomic E-state index is 12.0. The summed E-state index contributed by atoms with van der Waals surface area (Å²) in [5.74, 6) is 0.447. The van der Waals surface area contributed by atoms with Gasteiger partial charge in [-0.2, -0.15) is 0 Å². The molecule has 0 heterocycles. The summed E-state index contributed by atoms with van der Waals surface area (Å²) in [7, 11) is 0. The molecule has 0 fully saturated rings. The number of ketones is 1. The molecule has 1 atom stereocenters. The standard InChI is InChI=1S/C15H22O2/c1-11(10-15(2,3)4)9-14(17)12-7-5-6-8-13(12)16/h5-8,11,16H,9-10H2,1-4H3. The highest BCUT2D eigenvalue weighted by Crippen LogP contribution is 2.28. The van der Waals surface area contributed by atoms with Gasteiger partial charge in [-0.3, -0.25) is 4.79 Å². The van der Waals surface area contributed by atoms with Crippen LogP contribution in [-0.4, -0.2) is 10.9 Å². The smallest absolute Gasteiger partial charge is 0.166 e. The van der Waals surface area contributed by atoms with Crippen molar-refractivity contribution in [2.75, 3.05) is 0 Å². The lowest BCUT2D eigenvalue weighted by atomic mass is 9.83. The lowest BCUT2D eigenvalue weighted by Crippen LogP contribution is -2.14. The molecular formula is C15H22O2. The van der Waals surface area contributed by atoms with Gasteiger partial charge < -0.3 is 5.11 Å². The number of hydrogen-bond donors (Lipinski definition) is 1. The fourth-order valence-electron chi connectivity index (χ4n) is 2.25. The molecule has 0 aliphatic rings. The summed E-state index contributed by atoms with van der Waals surface area (Å²) in [4.78, 5) is 12.0. The number of carbonyl (C=O) groups is 1. The minimum atomic E-state index is 0.0276. The minimum Gasteiger partial charge on any atom is -0.507 e. The van der Waals surface area contributed by atoms with Gasteiger partial charge in [0.05, 0.1) is 5.56 Å². The Morgan fingerprint density at radius 1 is 1.29 bits per heavy atom. The van der Waals surface area contributed by atoms with Gasteiger partial charge in [-0.15, -0.1) is 0 Å². The van der Waals surface area contributed by atoms with Crippen molar-refractivity contribution in [2.24, 2.45) is 11.3 Å². The van der Waals surface area contributed by atoms with E-state index in [1.165, 1.54) is 0 Å². The van der Waals surface area contributed by atoms with Crippen LogP contribution in [0, 0.1) is 11.3 Å². The van der Waals surface area contributed by atoms with E-state index in [9.17, 15) is 9.90 Å². The van der Waals surface area contributed by atoms with Crippen LogP contribution < -0.4 is 0 Å². The Bertz CT molecular complexity index is 388. The third kappa shape index (κ3) is 4.59. The average Bonchev–Trinajstić information content (AvgIpc) is 2.14. The molecule has 1 unspecified atom stereocenters. The topological polar surface area (TPSA) is 37.3 Å². The van der Waals surface area contributed by atoms with Gasteiger partial charge in [0.15, 0.2) is 5.78 Å². The van der Waals surface area contributed by atoms with Crippen molar-refractivity contribution in [1.29, 1.82) is 0 Å². The Kier molecular flexibility index (Phi) is 4.33. The summed E-state index contributed by atoms with van der Waals surface area (Å²) in [6.07, 6.45) is 1.50. The molecule has 0 aliphatic carbocycles. The summed E-state index contributed by atoms with van der Waals surface area (Å²) in [6, 6.07) is 6.75. The Morgan fingerprint density at radius 2 is 1.88 bits per heavy atom. The second-order valence-electron chi connectivity index (χ2n) is 6.01. The maximum absolute atomic E-state index is 12.0. The number of para-hydroxylation sites is 1. The van der Waals surface area contributed by atoms with Crippen molar-refractivity contribution in [3.8, 4) is 5.75 Å². The summed E-state index contributed by atoms with van der Waals surface area (Å²) >= 11 is 0. The van der Waals surface area contributed by atoms with Crippen LogP contribution in [0.5, 0.6) is 5.75 Å². The molecule has 1 rings (SSSR count). The lowest BCUT2D eigenvalue weighted by Gasteiger charge is -2.22. The number of hydrogen-bond acceptors (Lipinski definition) is 2. The van der Waals surface area contributed by atoms with Gasteiger partial charge in [0.2, 0.25) is 0 Å². The maximum Gasteiger partial charge on any atom is 0.166 e. The minimum absolute atomic E-state index is 0.0276. The molecule has 0 aromatic heterocycles. The van der Waals surface area contributed by atoms with E-state index < -0.39 is 0 Å². The molecule has 1 aromatic rings. The van der Waals surface area contributed by atoms with Crippen molar-refractivity contribution in [3.05, 3.63) is 29.8 Å². The summed E-state index contributed by atoms with van der Waals surface area (Å²) < 4.78 is 0. The van der Waals surface area contributed by atoms with E-state index in [0.717, 1.165) is 6.42 Å². The Hall–Kier alpha value is -1.31. The molecule has 0 saturated carbocycles. The van der Waals surface area contributed by atoms with E-state index in [2.05, 4.69) is 27.7 Å². The van der Waals surface area contributed by atoms with Crippen molar-refractivity contribution in [3.63, 3.8) is 0 Å². The van der Waals surface area contributed by atoms with Crippen LogP contribution in [0.15, 0.2) is 24.3 Å². The number of rotatable bonds is 4. The van der Waals surface area contributed by atoms with Gasteiger partial charge in [-0.25, -0.2) is 0 Å². The van der Waals surface area contributed by atoms with Gasteiger partial charge in [0, 0.05) is 6.42 Å². The quantitative estimate of drug-likeness (QED) is 0.798. The van der Waals surface area contributed by atoms with E-state index in [1.54, 1.807) is 24.3 Å². The summed E-state index contributed by atoms with van der Waals surface area (Å²) in [5.41, 5.74) is 0.673. The van der Waals surface area contributed by atoms with E-state index >= 15 is 0 Å². The fourth-order valence-corrected chi connectivity index (χ4v) is 2.25. The van der Waals surface area contributed by atoms with Gasteiger partial charge in [0.1, 0.15) is 5.75 Å². The van der Waals surface area contributed by atoms with Crippen molar-refractivity contribution in [1.82, 2.24) is 0 Å². The first-order chi connectivity index (χ1) is 7.79. The van der Waals surface area contributed by atoms with Crippen LogP contribution in [0.2, 0.25) is 0 Å². The predicted octanol–water partition coefficient (Wildman–Crippen LogP) is 4.04. The Morgan fingerprint density at radius 3 is 2.41 bits per heavy atom. The van der Waals surface area contributed by atoms with Gasteiger partial charge in [-0.1, -0.05) is 39.8 Å². The number of phenolic OH excluding ortho intramolecular Hbond substituents is 1. The normalized spacial score (nSPS) is 13.4. The zero-order chi connectivity index (χ0) is 13.1. The molecule has 17 heavy (non-hydrogen) atoms. The Labute approximate surface area is 104 Å². The highest BCUT2D eigenvalue weighted by molar-refractivity contribution is 5.98. The molecule has 0 radical (unpaired) electrons. The molecule has 1 aromatic carbocycles. The lowest BCUT2D eigenvalue weighted by molar-refractivity contribution is 0.0951. The third-order valence-corrected chi connectivity index (χ3v) is 2.70. The molecule has 0 aliphatic heterocycles. The highest BCUT2D eigenvalue weighted by Gasteiger charge is 2.19. The van der Waals surface area contributed by atoms with Crippen LogP contribution in [-0.2, 0) is 0 Å². The van der Waals surface area contributed by atoms with Gasteiger partial charge in [0.25, 0.3) is 0 Å². The monoisotopic (exact) mass is 234 g/mol. The molecule has 0 saturated heterocycles. The SMILES string of the molecule is CC(CC(=O)c1ccccc1O)CC(C)(C)C. The van der Waals surface area contributed by atoms with Crippen molar-refractivity contribution in [2.45, 2.75) is 40.5 Å².